The second kappa shape index (κ2) is 43.0. The maximum Gasteiger partial charge on any atom is 0.306 e. The van der Waals surface area contributed by atoms with Crippen LogP contribution < -0.4 is 0 Å². The van der Waals surface area contributed by atoms with Crippen LogP contribution >= 0.6 is 0 Å². The highest BCUT2D eigenvalue weighted by molar-refractivity contribution is 5.71. The third-order valence-electron chi connectivity index (χ3n) is 11.2. The lowest BCUT2D eigenvalue weighted by Crippen LogP contribution is -2.30. The molecule has 0 aliphatic rings. The molecule has 0 aliphatic heterocycles. The summed E-state index contributed by atoms with van der Waals surface area (Å²) in [5, 5.41) is 0. The molecule has 0 bridgehead atoms. The van der Waals surface area contributed by atoms with Crippen molar-refractivity contribution in [2.24, 2.45) is 11.8 Å². The summed E-state index contributed by atoms with van der Waals surface area (Å²) in [5.74, 6) is 0.795. The second-order valence-corrected chi connectivity index (χ2v) is 18.1. The molecular weight excluding hydrogens is 697 g/mol. The fraction of sp³-hybridized carbons (Fsp3) is 0.940. The lowest BCUT2D eigenvalue weighted by molar-refractivity contribution is -0.167. The van der Waals surface area contributed by atoms with Gasteiger partial charge in [-0.2, -0.15) is 0 Å². The Morgan fingerprint density at radius 1 is 0.339 bits per heavy atom. The van der Waals surface area contributed by atoms with E-state index >= 15 is 0 Å². The summed E-state index contributed by atoms with van der Waals surface area (Å²) in [5.41, 5.74) is 0. The molecule has 6 nitrogen and oxygen atoms in total. The molecule has 6 heteroatoms. The topological polar surface area (TPSA) is 78.9 Å². The Hall–Kier alpha value is -1.59. The van der Waals surface area contributed by atoms with Gasteiger partial charge >= 0.3 is 17.9 Å². The van der Waals surface area contributed by atoms with Crippen molar-refractivity contribution in [1.29, 1.82) is 0 Å². The van der Waals surface area contributed by atoms with Crippen molar-refractivity contribution in [3.8, 4) is 0 Å². The number of hydrogen-bond donors (Lipinski definition) is 0. The zero-order valence-electron chi connectivity index (χ0n) is 38.3. The maximum atomic E-state index is 12.7. The predicted molar refractivity (Wildman–Crippen MR) is 238 cm³/mol. The molecule has 0 aliphatic carbocycles. The number of esters is 3. The first-order chi connectivity index (χ1) is 27.2. The summed E-state index contributed by atoms with van der Waals surface area (Å²) in [6.45, 7) is 11.3. The summed E-state index contributed by atoms with van der Waals surface area (Å²) in [6.07, 6.45) is 42.3. The van der Waals surface area contributed by atoms with Crippen LogP contribution in [0, 0.1) is 11.8 Å². The number of ether oxygens (including phenoxy) is 3. The SMILES string of the molecule is CCCCCCCCCCCCC(=O)O[C@@H](COC(=O)CCCCCCCCCCCCCCCC(C)C)COC(=O)CCCCCCCCCCCC(C)C. The minimum Gasteiger partial charge on any atom is -0.462 e. The molecule has 0 rings (SSSR count). The molecule has 0 saturated heterocycles. The second-order valence-electron chi connectivity index (χ2n) is 18.1. The smallest absolute Gasteiger partial charge is 0.306 e. The van der Waals surface area contributed by atoms with Gasteiger partial charge in [0.15, 0.2) is 6.10 Å². The van der Waals surface area contributed by atoms with Crippen LogP contribution in [0.4, 0.5) is 0 Å². The van der Waals surface area contributed by atoms with Gasteiger partial charge in [0.2, 0.25) is 0 Å². The van der Waals surface area contributed by atoms with Crippen LogP contribution in [0.2, 0.25) is 0 Å². The van der Waals surface area contributed by atoms with E-state index in [-0.39, 0.29) is 31.1 Å². The summed E-state index contributed by atoms with van der Waals surface area (Å²) in [4.78, 5) is 37.8. The van der Waals surface area contributed by atoms with Crippen molar-refractivity contribution in [3.05, 3.63) is 0 Å². The van der Waals surface area contributed by atoms with Gasteiger partial charge in [0.1, 0.15) is 13.2 Å². The molecule has 0 fully saturated rings. The Morgan fingerprint density at radius 2 is 0.589 bits per heavy atom. The van der Waals surface area contributed by atoms with Crippen LogP contribution in [-0.2, 0) is 28.6 Å². The summed E-state index contributed by atoms with van der Waals surface area (Å²) in [7, 11) is 0. The van der Waals surface area contributed by atoms with E-state index < -0.39 is 6.10 Å². The Bertz CT molecular complexity index is 854. The van der Waals surface area contributed by atoms with Gasteiger partial charge < -0.3 is 14.2 Å². The average Bonchev–Trinajstić information content (AvgIpc) is 3.16. The van der Waals surface area contributed by atoms with Crippen molar-refractivity contribution in [2.75, 3.05) is 13.2 Å². The van der Waals surface area contributed by atoms with Crippen molar-refractivity contribution in [1.82, 2.24) is 0 Å². The minimum absolute atomic E-state index is 0.0642. The van der Waals surface area contributed by atoms with Gasteiger partial charge in [0.25, 0.3) is 0 Å². The predicted octanol–water partition coefficient (Wildman–Crippen LogP) is 15.8. The molecule has 0 N–H and O–H groups in total. The molecule has 0 radical (unpaired) electrons. The molecule has 0 saturated carbocycles. The number of hydrogen-bond acceptors (Lipinski definition) is 6. The number of carbonyl (C=O) groups is 3. The third-order valence-corrected chi connectivity index (χ3v) is 11.2. The molecular formula is C50H96O6. The van der Waals surface area contributed by atoms with Crippen LogP contribution in [-0.4, -0.2) is 37.2 Å². The Labute approximate surface area is 348 Å². The number of unbranched alkanes of at least 4 members (excludes halogenated alkanes) is 29. The molecule has 0 amide bonds. The van der Waals surface area contributed by atoms with Gasteiger partial charge in [-0.15, -0.1) is 0 Å². The summed E-state index contributed by atoms with van der Waals surface area (Å²) >= 11 is 0. The monoisotopic (exact) mass is 793 g/mol. The maximum absolute atomic E-state index is 12.7. The van der Waals surface area contributed by atoms with Crippen molar-refractivity contribution < 1.29 is 28.6 Å². The Kier molecular flexibility index (Phi) is 41.8. The highest BCUT2D eigenvalue weighted by atomic mass is 16.6. The van der Waals surface area contributed by atoms with Gasteiger partial charge in [-0.25, -0.2) is 0 Å². The molecule has 0 aromatic carbocycles. The quantitative estimate of drug-likeness (QED) is 0.0347. The summed E-state index contributed by atoms with van der Waals surface area (Å²) in [6, 6.07) is 0. The van der Waals surface area contributed by atoms with Crippen molar-refractivity contribution in [2.45, 2.75) is 278 Å². The lowest BCUT2D eigenvalue weighted by atomic mass is 10.0. The van der Waals surface area contributed by atoms with E-state index in [0.29, 0.717) is 19.3 Å². The van der Waals surface area contributed by atoms with Gasteiger partial charge in [-0.05, 0) is 31.1 Å². The van der Waals surface area contributed by atoms with Crippen LogP contribution in [0.25, 0.3) is 0 Å². The molecule has 0 aromatic heterocycles. The fourth-order valence-electron chi connectivity index (χ4n) is 7.46. The number of carbonyl (C=O) groups excluding carboxylic acids is 3. The van der Waals surface area contributed by atoms with Crippen LogP contribution in [0.3, 0.4) is 0 Å². The lowest BCUT2D eigenvalue weighted by Gasteiger charge is -2.18. The van der Waals surface area contributed by atoms with Gasteiger partial charge in [0.05, 0.1) is 0 Å². The first kappa shape index (κ1) is 54.4. The van der Waals surface area contributed by atoms with Crippen LogP contribution in [0.1, 0.15) is 272 Å². The van der Waals surface area contributed by atoms with Gasteiger partial charge in [-0.1, -0.05) is 234 Å². The van der Waals surface area contributed by atoms with Gasteiger partial charge in [-0.3, -0.25) is 14.4 Å². The number of rotatable bonds is 44. The molecule has 0 spiro atoms. The van der Waals surface area contributed by atoms with E-state index in [1.165, 1.54) is 161 Å². The molecule has 0 aromatic rings. The first-order valence-electron chi connectivity index (χ1n) is 24.7. The largest absolute Gasteiger partial charge is 0.462 e. The standard InChI is InChI=1S/C50H96O6/c1-6-7-8-9-10-11-20-27-32-37-42-50(53)56-47(44-55-49(52)41-36-31-26-22-17-19-24-29-34-39-46(4)5)43-54-48(51)40-35-30-25-21-16-14-12-13-15-18-23-28-33-38-45(2)3/h45-47H,6-44H2,1-5H3/t47-/m0/s1. The molecule has 56 heavy (non-hydrogen) atoms. The molecule has 332 valence electrons. The highest BCUT2D eigenvalue weighted by Crippen LogP contribution is 2.17. The molecule has 0 heterocycles. The van der Waals surface area contributed by atoms with Crippen LogP contribution in [0.5, 0.6) is 0 Å². The third kappa shape index (κ3) is 43.5. The van der Waals surface area contributed by atoms with E-state index in [4.69, 9.17) is 14.2 Å². The zero-order valence-corrected chi connectivity index (χ0v) is 38.3. The highest BCUT2D eigenvalue weighted by Gasteiger charge is 2.19. The molecule has 0 unspecified atom stereocenters. The molecule has 1 atom stereocenters. The van der Waals surface area contributed by atoms with E-state index in [9.17, 15) is 14.4 Å². The van der Waals surface area contributed by atoms with Crippen molar-refractivity contribution in [3.63, 3.8) is 0 Å². The minimum atomic E-state index is -0.760. The average molecular weight is 793 g/mol. The van der Waals surface area contributed by atoms with E-state index in [2.05, 4.69) is 34.6 Å². The van der Waals surface area contributed by atoms with E-state index in [1.807, 2.05) is 0 Å². The Balaban J connectivity index is 4.28. The van der Waals surface area contributed by atoms with E-state index in [1.54, 1.807) is 0 Å². The van der Waals surface area contributed by atoms with Crippen molar-refractivity contribution >= 4 is 17.9 Å². The van der Waals surface area contributed by atoms with E-state index in [0.717, 1.165) is 69.6 Å². The zero-order chi connectivity index (χ0) is 41.2. The Morgan fingerprint density at radius 3 is 0.875 bits per heavy atom. The van der Waals surface area contributed by atoms with Gasteiger partial charge in [0, 0.05) is 19.3 Å². The van der Waals surface area contributed by atoms with Crippen LogP contribution in [0.15, 0.2) is 0 Å². The first-order valence-corrected chi connectivity index (χ1v) is 24.7. The summed E-state index contributed by atoms with van der Waals surface area (Å²) < 4.78 is 16.8. The fourth-order valence-corrected chi connectivity index (χ4v) is 7.46. The normalized spacial score (nSPS) is 12.1.